The Labute approximate surface area is 242 Å². The third-order valence-electron chi connectivity index (χ3n) is 7.14. The maximum Gasteiger partial charge on any atom is 0.459 e. The van der Waals surface area contributed by atoms with Gasteiger partial charge in [0, 0.05) is 0 Å². The molecule has 3 aromatic rings. The Kier molecular flexibility index (Phi) is 9.81. The Morgan fingerprint density at radius 2 is 2.02 bits per heavy atom. The molecule has 0 amide bonds. The molecule has 0 spiro atoms. The van der Waals surface area contributed by atoms with Crippen molar-refractivity contribution in [2.45, 2.75) is 63.6 Å². The second kappa shape index (κ2) is 13.1. The van der Waals surface area contributed by atoms with E-state index >= 15 is 4.39 Å². The predicted molar refractivity (Wildman–Crippen MR) is 149 cm³/mol. The maximum absolute atomic E-state index is 15.5. The van der Waals surface area contributed by atoms with Crippen molar-refractivity contribution in [3.63, 3.8) is 0 Å². The number of carbonyl (C=O) groups is 1. The molecule has 2 aromatic heterocycles. The number of fused-ring (bicyclic) bond motifs is 1. The fraction of sp³-hybridized carbons (Fsp3) is 0.481. The van der Waals surface area contributed by atoms with Crippen LogP contribution in [0.15, 0.2) is 48.8 Å². The number of nitrogens with two attached hydrogens (primary N) is 1. The zero-order valence-corrected chi connectivity index (χ0v) is 24.3. The van der Waals surface area contributed by atoms with E-state index in [9.17, 15) is 19.7 Å². The Morgan fingerprint density at radius 3 is 2.69 bits per heavy atom. The van der Waals surface area contributed by atoms with Crippen LogP contribution in [-0.2, 0) is 23.4 Å². The number of aliphatic hydroxyl groups excluding tert-OH is 1. The second-order valence-electron chi connectivity index (χ2n) is 9.97. The van der Waals surface area contributed by atoms with Gasteiger partial charge in [-0.15, -0.1) is 0 Å². The number of hydrogen-bond donors (Lipinski definition) is 3. The number of ether oxygens (including phenoxy) is 2. The average Bonchev–Trinajstić information content (AvgIpc) is 3.52. The van der Waals surface area contributed by atoms with Crippen LogP contribution in [0.5, 0.6) is 5.75 Å². The van der Waals surface area contributed by atoms with Gasteiger partial charge >= 0.3 is 13.7 Å². The zero-order chi connectivity index (χ0) is 30.5. The third kappa shape index (κ3) is 6.56. The van der Waals surface area contributed by atoms with Gasteiger partial charge in [-0.1, -0.05) is 44.9 Å². The Hall–Kier alpha value is -3.60. The zero-order valence-electron chi connectivity index (χ0n) is 23.4. The summed E-state index contributed by atoms with van der Waals surface area (Å²) in [7, 11) is -4.45. The van der Waals surface area contributed by atoms with Gasteiger partial charge < -0.3 is 24.8 Å². The summed E-state index contributed by atoms with van der Waals surface area (Å²) in [4.78, 5) is 16.6. The van der Waals surface area contributed by atoms with Crippen LogP contribution in [0.1, 0.15) is 45.4 Å². The highest BCUT2D eigenvalue weighted by atomic mass is 31.2. The molecule has 0 radical (unpaired) electrons. The minimum Gasteiger partial charge on any atom is -0.464 e. The summed E-state index contributed by atoms with van der Waals surface area (Å²) >= 11 is 0. The SMILES string of the molecule is CCC(CC)COC(=O)C(C)NP(=O)(OC[C@@]1(C#N)O[C@@H](c2ccc3c(N)ncnn23)[C@H](F)[C@@H]1O)Oc1ccccc1. The summed E-state index contributed by atoms with van der Waals surface area (Å²) in [6.07, 6.45) is -2.75. The number of nitrogen functional groups attached to an aromatic ring is 1. The molecule has 1 aliphatic rings. The summed E-state index contributed by atoms with van der Waals surface area (Å²) in [6.45, 7) is 4.69. The number of nitriles is 1. The number of alkyl halides is 1. The lowest BCUT2D eigenvalue weighted by atomic mass is 9.97. The third-order valence-corrected chi connectivity index (χ3v) is 8.76. The molecule has 0 aliphatic carbocycles. The highest BCUT2D eigenvalue weighted by Gasteiger charge is 2.58. The predicted octanol–water partition coefficient (Wildman–Crippen LogP) is 3.51. The van der Waals surface area contributed by atoms with Gasteiger partial charge in [-0.25, -0.2) is 18.5 Å². The van der Waals surface area contributed by atoms with Crippen LogP contribution in [0.25, 0.3) is 5.52 Å². The van der Waals surface area contributed by atoms with E-state index in [2.05, 4.69) is 15.2 Å². The molecule has 42 heavy (non-hydrogen) atoms. The second-order valence-corrected chi connectivity index (χ2v) is 11.7. The van der Waals surface area contributed by atoms with Gasteiger partial charge in [-0.05, 0) is 37.1 Å². The van der Waals surface area contributed by atoms with E-state index in [0.29, 0.717) is 5.52 Å². The highest BCUT2D eigenvalue weighted by molar-refractivity contribution is 7.52. The molecule has 6 atom stereocenters. The Balaban J connectivity index is 1.55. The van der Waals surface area contributed by atoms with Crippen LogP contribution >= 0.6 is 7.75 Å². The van der Waals surface area contributed by atoms with Crippen molar-refractivity contribution in [2.75, 3.05) is 18.9 Å². The van der Waals surface area contributed by atoms with Crippen molar-refractivity contribution >= 4 is 25.1 Å². The van der Waals surface area contributed by atoms with E-state index in [1.54, 1.807) is 30.3 Å². The lowest BCUT2D eigenvalue weighted by Crippen LogP contribution is -2.45. The minimum absolute atomic E-state index is 0.128. The van der Waals surface area contributed by atoms with Crippen molar-refractivity contribution in [3.05, 3.63) is 54.5 Å². The molecule has 0 bridgehead atoms. The van der Waals surface area contributed by atoms with Crippen LogP contribution in [0, 0.1) is 17.2 Å². The first-order valence-electron chi connectivity index (χ1n) is 13.5. The van der Waals surface area contributed by atoms with Crippen LogP contribution in [-0.4, -0.2) is 62.8 Å². The van der Waals surface area contributed by atoms with Gasteiger partial charge in [0.05, 0.1) is 12.3 Å². The molecule has 2 unspecified atom stereocenters. The van der Waals surface area contributed by atoms with E-state index in [1.165, 1.54) is 36.0 Å². The number of nitrogens with one attached hydrogen (secondary N) is 1. The van der Waals surface area contributed by atoms with Crippen molar-refractivity contribution in [3.8, 4) is 11.8 Å². The van der Waals surface area contributed by atoms with E-state index in [0.717, 1.165) is 12.8 Å². The first-order chi connectivity index (χ1) is 20.1. The number of rotatable bonds is 13. The quantitative estimate of drug-likeness (QED) is 0.191. The molecule has 1 aromatic carbocycles. The van der Waals surface area contributed by atoms with Crippen molar-refractivity contribution < 1.29 is 37.4 Å². The van der Waals surface area contributed by atoms with Crippen molar-refractivity contribution in [2.24, 2.45) is 5.92 Å². The van der Waals surface area contributed by atoms with Gasteiger partial charge in [0.15, 0.2) is 12.0 Å². The number of para-hydroxylation sites is 1. The maximum atomic E-state index is 15.5. The normalized spacial score (nSPS) is 24.3. The number of halogens is 1. The molecule has 1 fully saturated rings. The number of anilines is 1. The lowest BCUT2D eigenvalue weighted by Gasteiger charge is -2.28. The summed E-state index contributed by atoms with van der Waals surface area (Å²) in [5, 5.41) is 27.5. The van der Waals surface area contributed by atoms with E-state index < -0.39 is 50.3 Å². The van der Waals surface area contributed by atoms with Crippen LogP contribution < -0.4 is 15.3 Å². The number of hydrogen-bond acceptors (Lipinski definition) is 11. The molecule has 3 heterocycles. The molecular formula is C27H34FN6O7P. The lowest BCUT2D eigenvalue weighted by molar-refractivity contribution is -0.146. The van der Waals surface area contributed by atoms with Crippen LogP contribution in [0.2, 0.25) is 0 Å². The monoisotopic (exact) mass is 604 g/mol. The molecule has 4 N–H and O–H groups in total. The average molecular weight is 605 g/mol. The molecule has 1 saturated heterocycles. The number of esters is 1. The largest absolute Gasteiger partial charge is 0.464 e. The first-order valence-corrected chi connectivity index (χ1v) is 15.0. The highest BCUT2D eigenvalue weighted by Crippen LogP contribution is 2.49. The van der Waals surface area contributed by atoms with Crippen LogP contribution in [0.3, 0.4) is 0 Å². The van der Waals surface area contributed by atoms with Gasteiger partial charge in [0.1, 0.15) is 48.5 Å². The molecule has 13 nitrogen and oxygen atoms in total. The number of nitrogens with zero attached hydrogens (tertiary/aromatic N) is 4. The smallest absolute Gasteiger partial charge is 0.459 e. The fourth-order valence-electron chi connectivity index (χ4n) is 4.47. The molecule has 1 aliphatic heterocycles. The molecular weight excluding hydrogens is 570 g/mol. The van der Waals surface area contributed by atoms with Crippen LogP contribution in [0.4, 0.5) is 10.2 Å². The van der Waals surface area contributed by atoms with Gasteiger partial charge in [-0.3, -0.25) is 9.32 Å². The number of aromatic nitrogens is 3. The van der Waals surface area contributed by atoms with Gasteiger partial charge in [0.2, 0.25) is 5.60 Å². The van der Waals surface area contributed by atoms with Crippen molar-refractivity contribution in [1.29, 1.82) is 5.26 Å². The topological polar surface area (TPSA) is 183 Å². The Morgan fingerprint density at radius 1 is 1.31 bits per heavy atom. The summed E-state index contributed by atoms with van der Waals surface area (Å²) in [6, 6.07) is 11.6. The minimum atomic E-state index is -4.45. The fourth-order valence-corrected chi connectivity index (χ4v) is 5.99. The summed E-state index contributed by atoms with van der Waals surface area (Å²) in [5.41, 5.74) is 4.10. The van der Waals surface area contributed by atoms with E-state index in [1.807, 2.05) is 13.8 Å². The summed E-state index contributed by atoms with van der Waals surface area (Å²) < 4.78 is 53.1. The number of aliphatic hydroxyl groups is 1. The van der Waals surface area contributed by atoms with Crippen molar-refractivity contribution in [1.82, 2.24) is 19.7 Å². The Bertz CT molecular complexity index is 1470. The molecule has 4 rings (SSSR count). The summed E-state index contributed by atoms with van der Waals surface area (Å²) in [5.74, 6) is -0.260. The first kappa shape index (κ1) is 31.3. The molecule has 15 heteroatoms. The standard InChI is InChI=1S/C27H34FN6O7P/c1-4-18(5-2)13-38-26(36)17(3)33-42(37,41-19-9-7-6-8-10-19)39-15-27(14-29)24(35)22(28)23(40-27)20-11-12-21-25(30)31-16-32-34(20)21/h6-12,16-18,22-24,35H,4-5,13,15H2,1-3H3,(H,33,37)(H2,30,31,32)/t17?,22-,23-,24-,27+,42?/m0/s1. The molecule has 226 valence electrons. The van der Waals surface area contributed by atoms with E-state index in [4.69, 9.17) is 24.3 Å². The van der Waals surface area contributed by atoms with Gasteiger partial charge in [-0.2, -0.15) is 15.4 Å². The van der Waals surface area contributed by atoms with E-state index in [-0.39, 0.29) is 29.8 Å². The molecule has 0 saturated carbocycles. The number of carbonyl (C=O) groups excluding carboxylic acids is 1. The number of benzene rings is 1. The van der Waals surface area contributed by atoms with Gasteiger partial charge in [0.25, 0.3) is 0 Å².